The Morgan fingerprint density at radius 3 is 3.00 bits per heavy atom. The van der Waals surface area contributed by atoms with E-state index in [1.54, 1.807) is 11.3 Å². The summed E-state index contributed by atoms with van der Waals surface area (Å²) in [5.74, 6) is 0.903. The minimum absolute atomic E-state index is 0.346. The summed E-state index contributed by atoms with van der Waals surface area (Å²) in [6.07, 6.45) is 7.85. The Morgan fingerprint density at radius 2 is 2.14 bits per heavy atom. The zero-order valence-electron chi connectivity index (χ0n) is 12.6. The van der Waals surface area contributed by atoms with Gasteiger partial charge in [0.25, 0.3) is 5.89 Å². The van der Waals surface area contributed by atoms with E-state index in [1.165, 1.54) is 43.2 Å². The molecular formula is C16H21N3O2S. The van der Waals surface area contributed by atoms with Gasteiger partial charge in [0.1, 0.15) is 6.67 Å². The molecular weight excluding hydrogens is 298 g/mol. The maximum Gasteiger partial charge on any atom is 0.438 e. The highest BCUT2D eigenvalue weighted by Crippen LogP contribution is 2.35. The van der Waals surface area contributed by atoms with E-state index in [4.69, 9.17) is 4.42 Å². The molecule has 6 heteroatoms. The van der Waals surface area contributed by atoms with Gasteiger partial charge in [-0.1, -0.05) is 18.9 Å². The lowest BCUT2D eigenvalue weighted by atomic mass is 9.78. The summed E-state index contributed by atoms with van der Waals surface area (Å²) in [7, 11) is 0. The zero-order chi connectivity index (χ0) is 14.9. The molecule has 2 fully saturated rings. The quantitative estimate of drug-likeness (QED) is 0.872. The molecule has 118 valence electrons. The van der Waals surface area contributed by atoms with Crippen molar-refractivity contribution in [3.8, 4) is 10.8 Å². The Balaban J connectivity index is 1.54. The van der Waals surface area contributed by atoms with Crippen molar-refractivity contribution in [2.75, 3.05) is 6.54 Å². The van der Waals surface area contributed by atoms with Crippen LogP contribution in [0.2, 0.25) is 0 Å². The number of likely N-dealkylation sites (tertiary alicyclic amines) is 1. The van der Waals surface area contributed by atoms with Crippen LogP contribution in [0.15, 0.2) is 26.7 Å². The fraction of sp³-hybridized carbons (Fsp3) is 0.625. The van der Waals surface area contributed by atoms with E-state index in [0.29, 0.717) is 18.6 Å². The fourth-order valence-electron chi connectivity index (χ4n) is 3.97. The van der Waals surface area contributed by atoms with E-state index in [9.17, 15) is 4.79 Å². The molecule has 1 saturated heterocycles. The fourth-order valence-corrected chi connectivity index (χ4v) is 4.62. The Kier molecular flexibility index (Phi) is 3.88. The first-order valence-corrected chi connectivity index (χ1v) is 9.05. The third kappa shape index (κ3) is 2.65. The summed E-state index contributed by atoms with van der Waals surface area (Å²) in [5.41, 5.74) is 0. The van der Waals surface area contributed by atoms with Crippen LogP contribution in [0.5, 0.6) is 0 Å². The molecule has 1 aliphatic heterocycles. The summed E-state index contributed by atoms with van der Waals surface area (Å²) in [5, 5.41) is 6.35. The molecule has 1 aliphatic carbocycles. The average Bonchev–Trinajstić information content (AvgIpc) is 3.18. The Bertz CT molecular complexity index is 674. The summed E-state index contributed by atoms with van der Waals surface area (Å²) in [4.78, 5) is 15.4. The van der Waals surface area contributed by atoms with Crippen LogP contribution < -0.4 is 5.76 Å². The molecule has 1 saturated carbocycles. The summed E-state index contributed by atoms with van der Waals surface area (Å²) in [6.45, 7) is 1.63. The standard InChI is InChI=1S/C16H21N3O2S/c20-16-19(17-15(21-16)14-8-4-10-22-14)11-18-9-3-6-12-5-1-2-7-13(12)18/h4,8,10,12-13H,1-3,5-7,9,11H2/t12-,13+/m0/s1. The molecule has 2 aromatic heterocycles. The summed E-state index contributed by atoms with van der Waals surface area (Å²) < 4.78 is 6.81. The number of hydrogen-bond acceptors (Lipinski definition) is 5. The maximum atomic E-state index is 12.1. The van der Waals surface area contributed by atoms with Gasteiger partial charge in [-0.3, -0.25) is 4.90 Å². The monoisotopic (exact) mass is 319 g/mol. The third-order valence-corrected chi connectivity index (χ3v) is 5.87. The lowest BCUT2D eigenvalue weighted by Gasteiger charge is -2.43. The van der Waals surface area contributed by atoms with E-state index in [2.05, 4.69) is 10.00 Å². The van der Waals surface area contributed by atoms with Gasteiger partial charge >= 0.3 is 5.76 Å². The second-order valence-corrected chi connectivity index (χ2v) is 7.31. The van der Waals surface area contributed by atoms with Gasteiger partial charge in [0, 0.05) is 12.6 Å². The van der Waals surface area contributed by atoms with Crippen molar-refractivity contribution < 1.29 is 4.42 Å². The van der Waals surface area contributed by atoms with Crippen LogP contribution in [0.3, 0.4) is 0 Å². The third-order valence-electron chi connectivity index (χ3n) is 5.01. The molecule has 0 spiro atoms. The average molecular weight is 319 g/mol. The Morgan fingerprint density at radius 1 is 1.27 bits per heavy atom. The number of nitrogens with zero attached hydrogens (tertiary/aromatic N) is 3. The van der Waals surface area contributed by atoms with E-state index in [-0.39, 0.29) is 5.76 Å². The molecule has 0 unspecified atom stereocenters. The lowest BCUT2D eigenvalue weighted by Crippen LogP contribution is -2.48. The van der Waals surface area contributed by atoms with E-state index >= 15 is 0 Å². The highest BCUT2D eigenvalue weighted by atomic mass is 32.1. The largest absolute Gasteiger partial charge is 0.438 e. The summed E-state index contributed by atoms with van der Waals surface area (Å²) in [6, 6.07) is 4.49. The van der Waals surface area contributed by atoms with Crippen LogP contribution in [0.25, 0.3) is 10.8 Å². The van der Waals surface area contributed by atoms with Crippen LogP contribution in [-0.2, 0) is 6.67 Å². The first-order valence-electron chi connectivity index (χ1n) is 8.17. The van der Waals surface area contributed by atoms with E-state index in [0.717, 1.165) is 17.3 Å². The van der Waals surface area contributed by atoms with Crippen LogP contribution in [0.1, 0.15) is 38.5 Å². The predicted octanol–water partition coefficient (Wildman–Crippen LogP) is 3.18. The van der Waals surface area contributed by atoms with Gasteiger partial charge in [-0.05, 0) is 43.0 Å². The highest BCUT2D eigenvalue weighted by Gasteiger charge is 2.33. The molecule has 0 bridgehead atoms. The van der Waals surface area contributed by atoms with Crippen molar-refractivity contribution in [2.45, 2.75) is 51.2 Å². The smallest absolute Gasteiger partial charge is 0.387 e. The normalized spacial score (nSPS) is 26.0. The van der Waals surface area contributed by atoms with Gasteiger partial charge in [-0.2, -0.15) is 4.68 Å². The van der Waals surface area contributed by atoms with Gasteiger partial charge < -0.3 is 4.42 Å². The molecule has 5 nitrogen and oxygen atoms in total. The lowest BCUT2D eigenvalue weighted by molar-refractivity contribution is 0.0311. The van der Waals surface area contributed by atoms with Crippen LogP contribution in [0, 0.1) is 5.92 Å². The van der Waals surface area contributed by atoms with E-state index in [1.807, 2.05) is 17.5 Å². The zero-order valence-corrected chi connectivity index (χ0v) is 13.4. The number of aromatic nitrogens is 2. The van der Waals surface area contributed by atoms with Crippen LogP contribution in [-0.4, -0.2) is 27.3 Å². The molecule has 2 atom stereocenters. The minimum Gasteiger partial charge on any atom is -0.387 e. The van der Waals surface area contributed by atoms with Crippen molar-refractivity contribution in [3.05, 3.63) is 28.1 Å². The van der Waals surface area contributed by atoms with Crippen molar-refractivity contribution in [2.24, 2.45) is 5.92 Å². The molecule has 0 aromatic carbocycles. The predicted molar refractivity (Wildman–Crippen MR) is 85.8 cm³/mol. The van der Waals surface area contributed by atoms with Crippen LogP contribution >= 0.6 is 11.3 Å². The first-order chi connectivity index (χ1) is 10.8. The van der Waals surface area contributed by atoms with Crippen molar-refractivity contribution in [1.82, 2.24) is 14.7 Å². The van der Waals surface area contributed by atoms with Gasteiger partial charge in [-0.15, -0.1) is 16.4 Å². The molecule has 0 N–H and O–H groups in total. The Labute approximate surface area is 133 Å². The Hall–Kier alpha value is -1.40. The first kappa shape index (κ1) is 14.2. The number of rotatable bonds is 3. The van der Waals surface area contributed by atoms with Gasteiger partial charge in [0.05, 0.1) is 4.88 Å². The molecule has 3 heterocycles. The molecule has 0 radical (unpaired) electrons. The van der Waals surface area contributed by atoms with Crippen molar-refractivity contribution in [3.63, 3.8) is 0 Å². The molecule has 4 rings (SSSR count). The number of piperidine rings is 1. The highest BCUT2D eigenvalue weighted by molar-refractivity contribution is 7.13. The summed E-state index contributed by atoms with van der Waals surface area (Å²) >= 11 is 1.54. The maximum absolute atomic E-state index is 12.1. The molecule has 2 aromatic rings. The molecule has 2 aliphatic rings. The number of thiophene rings is 1. The van der Waals surface area contributed by atoms with Crippen molar-refractivity contribution >= 4 is 11.3 Å². The van der Waals surface area contributed by atoms with Gasteiger partial charge in [-0.25, -0.2) is 4.79 Å². The second kappa shape index (κ2) is 6.01. The minimum atomic E-state index is -0.346. The van der Waals surface area contributed by atoms with Gasteiger partial charge in [0.15, 0.2) is 0 Å². The van der Waals surface area contributed by atoms with E-state index < -0.39 is 0 Å². The second-order valence-electron chi connectivity index (χ2n) is 6.36. The molecule has 22 heavy (non-hydrogen) atoms. The SMILES string of the molecule is O=c1oc(-c2cccs2)nn1CN1CCC[C@@H]2CCCC[C@H]21. The number of hydrogen-bond donors (Lipinski definition) is 0. The van der Waals surface area contributed by atoms with Crippen molar-refractivity contribution in [1.29, 1.82) is 0 Å². The topological polar surface area (TPSA) is 51.3 Å². The van der Waals surface area contributed by atoms with Crippen LogP contribution in [0.4, 0.5) is 0 Å². The number of fused-ring (bicyclic) bond motifs is 1. The molecule has 0 amide bonds. The van der Waals surface area contributed by atoms with Gasteiger partial charge in [0.2, 0.25) is 0 Å².